The first-order valence-electron chi connectivity index (χ1n) is 10.6. The number of ether oxygens (including phenoxy) is 3. The fraction of sp³-hybridized carbons (Fsp3) is 0.160. The van der Waals surface area contributed by atoms with Gasteiger partial charge in [-0.15, -0.1) is 5.10 Å². The molecule has 0 aliphatic carbocycles. The van der Waals surface area contributed by atoms with Crippen LogP contribution in [-0.2, 0) is 11.3 Å². The highest BCUT2D eigenvalue weighted by Gasteiger charge is 2.34. The lowest BCUT2D eigenvalue weighted by Gasteiger charge is -2.12. The first kappa shape index (κ1) is 24.7. The minimum absolute atomic E-state index is 0.0137. The van der Waals surface area contributed by atoms with Crippen LogP contribution in [-0.4, -0.2) is 53.7 Å². The van der Waals surface area contributed by atoms with E-state index in [1.54, 1.807) is 42.5 Å². The van der Waals surface area contributed by atoms with Gasteiger partial charge in [0, 0.05) is 0 Å². The zero-order valence-corrected chi connectivity index (χ0v) is 20.5. The van der Waals surface area contributed by atoms with Crippen molar-refractivity contribution >= 4 is 35.1 Å². The van der Waals surface area contributed by atoms with Crippen LogP contribution in [0.2, 0.25) is 0 Å². The molecular formula is C25H23N3O7S. The molecule has 2 N–H and O–H groups in total. The monoisotopic (exact) mass is 509 g/mol. The van der Waals surface area contributed by atoms with Crippen molar-refractivity contribution in [3.8, 4) is 28.7 Å². The third-order valence-electron chi connectivity index (χ3n) is 5.14. The van der Waals surface area contributed by atoms with Crippen LogP contribution in [0.25, 0.3) is 6.08 Å². The number of phenolic OH excluding ortho intramolecular Hbond substituents is 2. The summed E-state index contributed by atoms with van der Waals surface area (Å²) in [4.78, 5) is 15.1. The Morgan fingerprint density at radius 3 is 2.33 bits per heavy atom. The summed E-state index contributed by atoms with van der Waals surface area (Å²) in [5.74, 6) is 0.912. The number of rotatable bonds is 8. The molecule has 2 aromatic carbocycles. The second-order valence-corrected chi connectivity index (χ2v) is 8.42. The Balaban J connectivity index is 1.66. The molecule has 1 fully saturated rings. The van der Waals surface area contributed by atoms with E-state index in [0.717, 1.165) is 11.8 Å². The maximum atomic E-state index is 13.3. The van der Waals surface area contributed by atoms with Crippen molar-refractivity contribution in [3.63, 3.8) is 0 Å². The molecule has 10 nitrogen and oxygen atoms in total. The Bertz CT molecular complexity index is 1320. The van der Waals surface area contributed by atoms with Gasteiger partial charge < -0.3 is 28.8 Å². The van der Waals surface area contributed by atoms with Crippen LogP contribution in [0, 0.1) is 0 Å². The largest absolute Gasteiger partial charge is 0.504 e. The molecule has 186 valence electrons. The number of hydrogen-bond acceptors (Lipinski definition) is 10. The summed E-state index contributed by atoms with van der Waals surface area (Å²) in [7, 11) is 4.31. The molecule has 1 amide bonds. The number of carbonyl (C=O) groups is 1. The molecule has 4 rings (SSSR count). The van der Waals surface area contributed by atoms with E-state index in [1.165, 1.54) is 44.8 Å². The molecule has 1 aliphatic rings. The van der Waals surface area contributed by atoms with Gasteiger partial charge in [0.25, 0.3) is 5.91 Å². The van der Waals surface area contributed by atoms with Crippen molar-refractivity contribution < 1.29 is 33.6 Å². The van der Waals surface area contributed by atoms with Gasteiger partial charge in [0.15, 0.2) is 28.2 Å². The number of furan rings is 1. The summed E-state index contributed by atoms with van der Waals surface area (Å²) in [6, 6.07) is 11.5. The molecule has 3 aromatic rings. The molecule has 0 spiro atoms. The highest BCUT2D eigenvalue weighted by molar-refractivity contribution is 8.18. The second-order valence-electron chi connectivity index (χ2n) is 7.41. The Kier molecular flexibility index (Phi) is 7.50. The number of carbonyl (C=O) groups excluding carboxylic acids is 1. The molecule has 36 heavy (non-hydrogen) atoms. The average Bonchev–Trinajstić information content (AvgIpc) is 3.50. The first-order valence-corrected chi connectivity index (χ1v) is 11.4. The van der Waals surface area contributed by atoms with Gasteiger partial charge in [-0.3, -0.25) is 9.69 Å². The Morgan fingerprint density at radius 1 is 1.00 bits per heavy atom. The fourth-order valence-electron chi connectivity index (χ4n) is 3.35. The first-order chi connectivity index (χ1) is 17.4. The maximum absolute atomic E-state index is 13.3. The van der Waals surface area contributed by atoms with Gasteiger partial charge >= 0.3 is 0 Å². The molecular weight excluding hydrogens is 486 g/mol. The van der Waals surface area contributed by atoms with E-state index in [9.17, 15) is 15.0 Å². The summed E-state index contributed by atoms with van der Waals surface area (Å²) in [5.41, 5.74) is 1.25. The van der Waals surface area contributed by atoms with Crippen molar-refractivity contribution in [3.05, 3.63) is 70.5 Å². The standard InChI is InChI=1S/C25H23N3O7S/c1-32-19-9-15(6-7-18(19)29)13-26-27-25-28(14-17-5-4-8-35-17)24(31)22(36-25)12-16-10-20(33-2)23(30)21(11-16)34-3/h4-13,29-30H,14H2,1-3H3/b22-12-,26-13+,27-25-. The average molecular weight is 510 g/mol. The summed E-state index contributed by atoms with van der Waals surface area (Å²) < 4.78 is 20.9. The van der Waals surface area contributed by atoms with Gasteiger partial charge in [0.05, 0.1) is 45.3 Å². The highest BCUT2D eigenvalue weighted by atomic mass is 32.2. The Morgan fingerprint density at radius 2 is 1.69 bits per heavy atom. The summed E-state index contributed by atoms with van der Waals surface area (Å²) in [5, 5.41) is 28.7. The van der Waals surface area contributed by atoms with Crippen LogP contribution in [0.3, 0.4) is 0 Å². The number of amidine groups is 1. The Hall–Kier alpha value is -4.38. The lowest BCUT2D eigenvalue weighted by atomic mass is 10.1. The number of hydrogen-bond donors (Lipinski definition) is 2. The molecule has 0 unspecified atom stereocenters. The van der Waals surface area contributed by atoms with Gasteiger partial charge in [-0.05, 0) is 71.4 Å². The normalized spacial score (nSPS) is 15.9. The lowest BCUT2D eigenvalue weighted by Crippen LogP contribution is -2.28. The number of phenols is 2. The Labute approximate surface area is 211 Å². The molecule has 11 heteroatoms. The number of aromatic hydroxyl groups is 2. The SMILES string of the molecule is COc1cc(/C=N/N=C2\S/C(=C\c3cc(OC)c(O)c(OC)c3)C(=O)N2Cc2ccco2)ccc1O. The van der Waals surface area contributed by atoms with E-state index in [2.05, 4.69) is 10.2 Å². The summed E-state index contributed by atoms with van der Waals surface area (Å²) in [6.45, 7) is 0.166. The van der Waals surface area contributed by atoms with Crippen molar-refractivity contribution in [2.24, 2.45) is 10.2 Å². The van der Waals surface area contributed by atoms with Crippen molar-refractivity contribution in [2.75, 3.05) is 21.3 Å². The quantitative estimate of drug-likeness (QED) is 0.263. The van der Waals surface area contributed by atoms with E-state index in [0.29, 0.717) is 32.7 Å². The van der Waals surface area contributed by atoms with E-state index in [1.807, 2.05) is 0 Å². The molecule has 0 bridgehead atoms. The molecule has 0 atom stereocenters. The van der Waals surface area contributed by atoms with Crippen LogP contribution < -0.4 is 14.2 Å². The molecule has 1 aromatic heterocycles. The molecule has 0 radical (unpaired) electrons. The van der Waals surface area contributed by atoms with E-state index in [-0.39, 0.29) is 35.4 Å². The minimum atomic E-state index is -0.289. The topological polar surface area (TPSA) is 126 Å². The number of amides is 1. The predicted octanol–water partition coefficient (Wildman–Crippen LogP) is 4.22. The number of methoxy groups -OCH3 is 3. The van der Waals surface area contributed by atoms with Crippen molar-refractivity contribution in [2.45, 2.75) is 6.54 Å². The van der Waals surface area contributed by atoms with E-state index < -0.39 is 0 Å². The van der Waals surface area contributed by atoms with Crippen molar-refractivity contribution in [1.29, 1.82) is 0 Å². The van der Waals surface area contributed by atoms with Crippen LogP contribution >= 0.6 is 11.8 Å². The van der Waals surface area contributed by atoms with E-state index >= 15 is 0 Å². The van der Waals surface area contributed by atoms with Gasteiger partial charge in [0.2, 0.25) is 5.75 Å². The van der Waals surface area contributed by atoms with Crippen LogP contribution in [0.15, 0.2) is 68.3 Å². The second kappa shape index (κ2) is 10.9. The number of thioether (sulfide) groups is 1. The van der Waals surface area contributed by atoms with Crippen molar-refractivity contribution in [1.82, 2.24) is 4.90 Å². The van der Waals surface area contributed by atoms with Gasteiger partial charge in [-0.25, -0.2) is 0 Å². The van der Waals surface area contributed by atoms with Gasteiger partial charge in [-0.1, -0.05) is 0 Å². The molecule has 1 saturated heterocycles. The fourth-order valence-corrected chi connectivity index (χ4v) is 4.28. The summed E-state index contributed by atoms with van der Waals surface area (Å²) in [6.07, 6.45) is 4.67. The zero-order chi connectivity index (χ0) is 25.7. The zero-order valence-electron chi connectivity index (χ0n) is 19.7. The van der Waals surface area contributed by atoms with Crippen LogP contribution in [0.5, 0.6) is 28.7 Å². The van der Waals surface area contributed by atoms with Crippen LogP contribution in [0.4, 0.5) is 0 Å². The molecule has 0 saturated carbocycles. The van der Waals surface area contributed by atoms with Crippen LogP contribution in [0.1, 0.15) is 16.9 Å². The number of benzene rings is 2. The van der Waals surface area contributed by atoms with Gasteiger partial charge in [-0.2, -0.15) is 5.10 Å². The third-order valence-corrected chi connectivity index (χ3v) is 6.13. The van der Waals surface area contributed by atoms with E-state index in [4.69, 9.17) is 18.6 Å². The lowest BCUT2D eigenvalue weighted by molar-refractivity contribution is -0.122. The molecule has 2 heterocycles. The molecule has 1 aliphatic heterocycles. The highest BCUT2D eigenvalue weighted by Crippen LogP contribution is 2.40. The maximum Gasteiger partial charge on any atom is 0.267 e. The third kappa shape index (κ3) is 5.31. The van der Waals surface area contributed by atoms with Gasteiger partial charge in [0.1, 0.15) is 5.76 Å². The summed E-state index contributed by atoms with van der Waals surface area (Å²) >= 11 is 1.14. The minimum Gasteiger partial charge on any atom is -0.504 e. The smallest absolute Gasteiger partial charge is 0.267 e. The number of nitrogens with zero attached hydrogens (tertiary/aromatic N) is 3. The predicted molar refractivity (Wildman–Crippen MR) is 136 cm³/mol.